The molecule has 21 heavy (non-hydrogen) atoms. The van der Waals surface area contributed by atoms with E-state index in [4.69, 9.17) is 0 Å². The van der Waals surface area contributed by atoms with Gasteiger partial charge in [0.1, 0.15) is 6.04 Å². The molecule has 2 amide bonds. The third kappa shape index (κ3) is 7.04. The van der Waals surface area contributed by atoms with Crippen molar-refractivity contribution in [2.75, 3.05) is 12.0 Å². The fourth-order valence-electron chi connectivity index (χ4n) is 1.84. The first-order chi connectivity index (χ1) is 10.0. The minimum atomic E-state index is -1.04. The van der Waals surface area contributed by atoms with Crippen LogP contribution in [0.2, 0.25) is 0 Å². The first kappa shape index (κ1) is 17.4. The quantitative estimate of drug-likeness (QED) is 0.687. The first-order valence-electron chi connectivity index (χ1n) is 6.85. The standard InChI is InChI=1S/C15H22N2O3S/c1-11(8-9-21-2)16-15(20)17-13(14(18)19)10-12-6-4-3-5-7-12/h3-7,11,13H,8-10H2,1-2H3,(H,18,19)(H2,16,17,20). The van der Waals surface area contributed by atoms with Gasteiger partial charge in [0.05, 0.1) is 0 Å². The molecule has 0 spiro atoms. The summed E-state index contributed by atoms with van der Waals surface area (Å²) in [5.41, 5.74) is 0.876. The largest absolute Gasteiger partial charge is 0.480 e. The maximum atomic E-state index is 11.8. The number of benzene rings is 1. The summed E-state index contributed by atoms with van der Waals surface area (Å²) in [6, 6.07) is 7.90. The molecule has 1 rings (SSSR count). The number of carbonyl (C=O) groups excluding carboxylic acids is 1. The van der Waals surface area contributed by atoms with Gasteiger partial charge in [-0.1, -0.05) is 30.3 Å². The summed E-state index contributed by atoms with van der Waals surface area (Å²) in [5, 5.41) is 14.5. The second-order valence-corrected chi connectivity index (χ2v) is 5.87. The maximum Gasteiger partial charge on any atom is 0.326 e. The number of hydrogen-bond acceptors (Lipinski definition) is 3. The van der Waals surface area contributed by atoms with E-state index in [1.807, 2.05) is 43.5 Å². The summed E-state index contributed by atoms with van der Waals surface area (Å²) in [7, 11) is 0. The fourth-order valence-corrected chi connectivity index (χ4v) is 2.43. The zero-order valence-corrected chi connectivity index (χ0v) is 13.2. The van der Waals surface area contributed by atoms with Gasteiger partial charge in [-0.25, -0.2) is 9.59 Å². The maximum absolute atomic E-state index is 11.8. The predicted molar refractivity (Wildman–Crippen MR) is 85.7 cm³/mol. The molecule has 0 aromatic heterocycles. The minimum Gasteiger partial charge on any atom is -0.480 e. The molecule has 2 atom stereocenters. The SMILES string of the molecule is CSCCC(C)NC(=O)NC(Cc1ccccc1)C(=O)O. The molecule has 116 valence electrons. The molecule has 1 aromatic rings. The molecule has 0 radical (unpaired) electrons. The Kier molecular flexibility index (Phi) is 7.68. The van der Waals surface area contributed by atoms with Crippen LogP contribution < -0.4 is 10.6 Å². The Morgan fingerprint density at radius 1 is 1.24 bits per heavy atom. The molecular weight excluding hydrogens is 288 g/mol. The van der Waals surface area contributed by atoms with Crippen molar-refractivity contribution in [3.63, 3.8) is 0 Å². The Balaban J connectivity index is 2.50. The summed E-state index contributed by atoms with van der Waals surface area (Å²) in [5.74, 6) is -0.0841. The van der Waals surface area contributed by atoms with Crippen molar-refractivity contribution >= 4 is 23.8 Å². The minimum absolute atomic E-state index is 0.0172. The number of rotatable bonds is 8. The lowest BCUT2D eigenvalue weighted by Gasteiger charge is -2.18. The van der Waals surface area contributed by atoms with Crippen molar-refractivity contribution in [3.05, 3.63) is 35.9 Å². The topological polar surface area (TPSA) is 78.4 Å². The highest BCUT2D eigenvalue weighted by molar-refractivity contribution is 7.98. The summed E-state index contributed by atoms with van der Waals surface area (Å²) < 4.78 is 0. The van der Waals surface area contributed by atoms with Crippen molar-refractivity contribution in [1.29, 1.82) is 0 Å². The lowest BCUT2D eigenvalue weighted by molar-refractivity contribution is -0.139. The molecule has 0 aliphatic rings. The van der Waals surface area contributed by atoms with Crippen molar-refractivity contribution < 1.29 is 14.7 Å². The molecule has 3 N–H and O–H groups in total. The zero-order valence-electron chi connectivity index (χ0n) is 12.3. The third-order valence-corrected chi connectivity index (χ3v) is 3.66. The highest BCUT2D eigenvalue weighted by atomic mass is 32.2. The van der Waals surface area contributed by atoms with E-state index < -0.39 is 18.0 Å². The number of nitrogens with one attached hydrogen (secondary N) is 2. The van der Waals surface area contributed by atoms with Crippen molar-refractivity contribution in [3.8, 4) is 0 Å². The van der Waals surface area contributed by atoms with Gasteiger partial charge in [0, 0.05) is 12.5 Å². The van der Waals surface area contributed by atoms with E-state index in [0.29, 0.717) is 0 Å². The van der Waals surface area contributed by atoms with E-state index in [1.165, 1.54) is 0 Å². The summed E-state index contributed by atoms with van der Waals surface area (Å²) >= 11 is 1.71. The van der Waals surface area contributed by atoms with Crippen LogP contribution >= 0.6 is 11.8 Å². The van der Waals surface area contributed by atoms with Crippen LogP contribution in [0.25, 0.3) is 0 Å². The van der Waals surface area contributed by atoms with Crippen LogP contribution in [0, 0.1) is 0 Å². The number of amides is 2. The fraction of sp³-hybridized carbons (Fsp3) is 0.467. The van der Waals surface area contributed by atoms with Crippen LogP contribution in [0.5, 0.6) is 0 Å². The Hall–Kier alpha value is -1.69. The number of thioether (sulfide) groups is 1. The van der Waals surface area contributed by atoms with Gasteiger partial charge < -0.3 is 15.7 Å². The highest BCUT2D eigenvalue weighted by Gasteiger charge is 2.20. The number of aliphatic carboxylic acids is 1. The number of urea groups is 1. The van der Waals surface area contributed by atoms with E-state index in [2.05, 4.69) is 10.6 Å². The summed E-state index contributed by atoms with van der Waals surface area (Å²) in [4.78, 5) is 23.1. The number of carbonyl (C=O) groups is 2. The van der Waals surface area contributed by atoms with E-state index in [0.717, 1.165) is 17.7 Å². The highest BCUT2D eigenvalue weighted by Crippen LogP contribution is 2.04. The number of hydrogen-bond donors (Lipinski definition) is 3. The summed E-state index contributed by atoms with van der Waals surface area (Å²) in [6.07, 6.45) is 3.13. The van der Waals surface area contributed by atoms with Crippen LogP contribution in [0.3, 0.4) is 0 Å². The van der Waals surface area contributed by atoms with Crippen molar-refractivity contribution in [1.82, 2.24) is 10.6 Å². The molecule has 0 saturated carbocycles. The van der Waals surface area contributed by atoms with Crippen molar-refractivity contribution in [2.45, 2.75) is 31.8 Å². The number of carboxylic acids is 1. The molecule has 0 bridgehead atoms. The second-order valence-electron chi connectivity index (χ2n) is 4.88. The normalized spacial score (nSPS) is 13.2. The Morgan fingerprint density at radius 2 is 1.90 bits per heavy atom. The van der Waals surface area contributed by atoms with Gasteiger partial charge in [-0.2, -0.15) is 11.8 Å². The summed E-state index contributed by atoms with van der Waals surface area (Å²) in [6.45, 7) is 1.91. The second kappa shape index (κ2) is 9.28. The zero-order chi connectivity index (χ0) is 15.7. The average Bonchev–Trinajstić information content (AvgIpc) is 2.45. The van der Waals surface area contributed by atoms with Gasteiger partial charge in [0.25, 0.3) is 0 Å². The van der Waals surface area contributed by atoms with Crippen LogP contribution in [0.15, 0.2) is 30.3 Å². The molecule has 0 aliphatic carbocycles. The molecule has 1 aromatic carbocycles. The Labute approximate surface area is 129 Å². The monoisotopic (exact) mass is 310 g/mol. The van der Waals surface area contributed by atoms with Crippen LogP contribution in [-0.2, 0) is 11.2 Å². The van der Waals surface area contributed by atoms with E-state index in [1.54, 1.807) is 11.8 Å². The van der Waals surface area contributed by atoms with Crippen LogP contribution in [-0.4, -0.2) is 41.2 Å². The lowest BCUT2D eigenvalue weighted by atomic mass is 10.1. The molecule has 2 unspecified atom stereocenters. The third-order valence-electron chi connectivity index (χ3n) is 3.02. The van der Waals surface area contributed by atoms with E-state index in [-0.39, 0.29) is 12.5 Å². The van der Waals surface area contributed by atoms with Gasteiger partial charge in [-0.3, -0.25) is 0 Å². The van der Waals surface area contributed by atoms with Gasteiger partial charge in [-0.15, -0.1) is 0 Å². The molecule has 6 heteroatoms. The van der Waals surface area contributed by atoms with Gasteiger partial charge in [0.2, 0.25) is 0 Å². The van der Waals surface area contributed by atoms with E-state index in [9.17, 15) is 14.7 Å². The predicted octanol–water partition coefficient (Wildman–Crippen LogP) is 2.12. The smallest absolute Gasteiger partial charge is 0.326 e. The Bertz CT molecular complexity index is 453. The molecular formula is C15H22N2O3S. The molecule has 0 saturated heterocycles. The Morgan fingerprint density at radius 3 is 2.48 bits per heavy atom. The van der Waals surface area contributed by atoms with Crippen LogP contribution in [0.4, 0.5) is 4.79 Å². The molecule has 0 aliphatic heterocycles. The lowest BCUT2D eigenvalue weighted by Crippen LogP contribution is -2.49. The molecule has 0 heterocycles. The van der Waals surface area contributed by atoms with Gasteiger partial charge >= 0.3 is 12.0 Å². The van der Waals surface area contributed by atoms with Gasteiger partial charge in [-0.05, 0) is 30.9 Å². The molecule has 5 nitrogen and oxygen atoms in total. The van der Waals surface area contributed by atoms with Crippen molar-refractivity contribution in [2.24, 2.45) is 0 Å². The number of carboxylic acid groups (broad SMARTS) is 1. The van der Waals surface area contributed by atoms with E-state index >= 15 is 0 Å². The molecule has 0 fully saturated rings. The van der Waals surface area contributed by atoms with Gasteiger partial charge in [0.15, 0.2) is 0 Å². The van der Waals surface area contributed by atoms with Crippen LogP contribution in [0.1, 0.15) is 18.9 Å². The average molecular weight is 310 g/mol. The first-order valence-corrected chi connectivity index (χ1v) is 8.25.